The number of carbonyl (C=O) groups excluding carboxylic acids is 2. The first-order valence-electron chi connectivity index (χ1n) is 8.70. The van der Waals surface area contributed by atoms with Crippen molar-refractivity contribution < 1.29 is 14.3 Å². The van der Waals surface area contributed by atoms with Gasteiger partial charge < -0.3 is 10.1 Å². The van der Waals surface area contributed by atoms with Crippen LogP contribution in [0.5, 0.6) is 0 Å². The number of hydrogen-bond donors (Lipinski definition) is 2. The van der Waals surface area contributed by atoms with Gasteiger partial charge in [0, 0.05) is 12.1 Å². The third kappa shape index (κ3) is 5.85. The number of nitrogens with zero attached hydrogens (tertiary/aromatic N) is 1. The van der Waals surface area contributed by atoms with Gasteiger partial charge in [-0.3, -0.25) is 10.1 Å². The average molecular weight is 365 g/mol. The van der Waals surface area contributed by atoms with Gasteiger partial charge in [-0.25, -0.2) is 4.79 Å². The van der Waals surface area contributed by atoms with Gasteiger partial charge >= 0.3 is 6.09 Å². The van der Waals surface area contributed by atoms with Crippen LogP contribution in [0.15, 0.2) is 6.58 Å². The molecule has 1 heterocycles. The maximum atomic E-state index is 12.5. The van der Waals surface area contributed by atoms with E-state index < -0.39 is 11.7 Å². The summed E-state index contributed by atoms with van der Waals surface area (Å²) >= 11 is 1.05. The van der Waals surface area contributed by atoms with Crippen molar-refractivity contribution in [2.45, 2.75) is 58.5 Å². The molecule has 1 saturated carbocycles. The Hall–Kier alpha value is -1.89. The van der Waals surface area contributed by atoms with Crippen molar-refractivity contribution in [1.29, 1.82) is 0 Å². The predicted octanol–water partition coefficient (Wildman–Crippen LogP) is 4.44. The number of ether oxygens (including phenoxy) is 1. The Morgan fingerprint density at radius 2 is 2.00 bits per heavy atom. The van der Waals surface area contributed by atoms with Crippen LogP contribution in [0.4, 0.5) is 10.6 Å². The summed E-state index contributed by atoms with van der Waals surface area (Å²) in [6, 6.07) is 0. The number of aromatic nitrogens is 1. The van der Waals surface area contributed by atoms with Crippen LogP contribution in [-0.2, 0) is 4.74 Å². The number of hydrogen-bond acceptors (Lipinski definition) is 5. The highest BCUT2D eigenvalue weighted by atomic mass is 32.1. The molecule has 1 aromatic heterocycles. The van der Waals surface area contributed by atoms with Crippen molar-refractivity contribution in [2.75, 3.05) is 11.9 Å². The summed E-state index contributed by atoms with van der Waals surface area (Å²) in [6.07, 6.45) is 7.04. The number of nitrogens with one attached hydrogen (secondary N) is 2. The van der Waals surface area contributed by atoms with E-state index in [0.717, 1.165) is 11.5 Å². The molecule has 0 aliphatic heterocycles. The second-order valence-corrected chi connectivity index (χ2v) is 8.09. The molecule has 0 atom stereocenters. The highest BCUT2D eigenvalue weighted by Gasteiger charge is 2.23. The summed E-state index contributed by atoms with van der Waals surface area (Å²) in [5, 5.41) is 5.57. The predicted molar refractivity (Wildman–Crippen MR) is 101 cm³/mol. The van der Waals surface area contributed by atoms with Gasteiger partial charge in [-0.15, -0.1) is 0 Å². The highest BCUT2D eigenvalue weighted by molar-refractivity contribution is 7.08. The van der Waals surface area contributed by atoms with Gasteiger partial charge in [-0.2, -0.15) is 4.37 Å². The molecule has 25 heavy (non-hydrogen) atoms. The number of anilines is 1. The lowest BCUT2D eigenvalue weighted by Gasteiger charge is -2.21. The standard InChI is InChI=1S/C18H27N3O3S/c1-5-13-14(16(22)19-11-12-9-7-6-8-10-12)25-21-15(13)20-17(23)24-18(2,3)4/h5,12H,1,6-11H2,2-4H3,(H,19,22)(H,20,21,23). The van der Waals surface area contributed by atoms with E-state index in [-0.39, 0.29) is 5.91 Å². The molecular formula is C18H27N3O3S. The summed E-state index contributed by atoms with van der Waals surface area (Å²) in [7, 11) is 0. The molecule has 6 nitrogen and oxygen atoms in total. The smallest absolute Gasteiger partial charge is 0.413 e. The zero-order valence-electron chi connectivity index (χ0n) is 15.2. The molecule has 0 saturated heterocycles. The van der Waals surface area contributed by atoms with Gasteiger partial charge in [0.2, 0.25) is 0 Å². The van der Waals surface area contributed by atoms with E-state index in [1.807, 2.05) is 0 Å². The van der Waals surface area contributed by atoms with Crippen molar-refractivity contribution >= 4 is 35.4 Å². The average Bonchev–Trinajstić information content (AvgIpc) is 2.94. The quantitative estimate of drug-likeness (QED) is 0.808. The van der Waals surface area contributed by atoms with E-state index in [4.69, 9.17) is 4.74 Å². The Balaban J connectivity index is 1.99. The monoisotopic (exact) mass is 365 g/mol. The van der Waals surface area contributed by atoms with Crippen LogP contribution in [0.25, 0.3) is 6.08 Å². The van der Waals surface area contributed by atoms with Gasteiger partial charge in [-0.1, -0.05) is 31.9 Å². The minimum absolute atomic E-state index is 0.171. The molecule has 2 N–H and O–H groups in total. The van der Waals surface area contributed by atoms with Crippen molar-refractivity contribution in [2.24, 2.45) is 5.92 Å². The van der Waals surface area contributed by atoms with Gasteiger partial charge in [0.25, 0.3) is 5.91 Å². The lowest BCUT2D eigenvalue weighted by Crippen LogP contribution is -2.30. The highest BCUT2D eigenvalue weighted by Crippen LogP contribution is 2.26. The van der Waals surface area contributed by atoms with Crippen molar-refractivity contribution in [3.63, 3.8) is 0 Å². The SMILES string of the molecule is C=Cc1c(NC(=O)OC(C)(C)C)nsc1C(=O)NCC1CCCCC1. The summed E-state index contributed by atoms with van der Waals surface area (Å²) < 4.78 is 9.39. The molecule has 0 aromatic carbocycles. The fraction of sp³-hybridized carbons (Fsp3) is 0.611. The summed E-state index contributed by atoms with van der Waals surface area (Å²) in [5.74, 6) is 0.685. The van der Waals surface area contributed by atoms with E-state index >= 15 is 0 Å². The topological polar surface area (TPSA) is 80.3 Å². The van der Waals surface area contributed by atoms with Crippen LogP contribution in [0.1, 0.15) is 68.1 Å². The first-order valence-corrected chi connectivity index (χ1v) is 9.48. The van der Waals surface area contributed by atoms with Crippen molar-refractivity contribution in [3.05, 3.63) is 17.0 Å². The van der Waals surface area contributed by atoms with E-state index in [1.54, 1.807) is 20.8 Å². The van der Waals surface area contributed by atoms with E-state index in [2.05, 4.69) is 21.6 Å². The largest absolute Gasteiger partial charge is 0.444 e. The fourth-order valence-corrected chi connectivity index (χ4v) is 3.61. The van der Waals surface area contributed by atoms with Gasteiger partial charge in [0.15, 0.2) is 5.82 Å². The maximum Gasteiger partial charge on any atom is 0.413 e. The molecule has 138 valence electrons. The molecule has 1 aromatic rings. The molecule has 0 bridgehead atoms. The van der Waals surface area contributed by atoms with Crippen LogP contribution >= 0.6 is 11.5 Å². The Morgan fingerprint density at radius 1 is 1.32 bits per heavy atom. The molecule has 0 unspecified atom stereocenters. The maximum absolute atomic E-state index is 12.5. The van der Waals surface area contributed by atoms with E-state index in [1.165, 1.54) is 38.2 Å². The zero-order valence-corrected chi connectivity index (χ0v) is 16.0. The molecular weight excluding hydrogens is 338 g/mol. The Labute approximate surface area is 153 Å². The second-order valence-electron chi connectivity index (χ2n) is 7.32. The number of rotatable bonds is 5. The normalized spacial score (nSPS) is 15.5. The van der Waals surface area contributed by atoms with Crippen LogP contribution in [-0.4, -0.2) is 28.5 Å². The number of carbonyl (C=O) groups is 2. The molecule has 1 aliphatic rings. The van der Waals surface area contributed by atoms with Crippen molar-refractivity contribution in [3.8, 4) is 0 Å². The van der Waals surface area contributed by atoms with Gasteiger partial charge in [-0.05, 0) is 51.1 Å². The first-order chi connectivity index (χ1) is 11.8. The van der Waals surface area contributed by atoms with Crippen LogP contribution in [0, 0.1) is 5.92 Å². The van der Waals surface area contributed by atoms with Crippen LogP contribution < -0.4 is 10.6 Å². The summed E-state index contributed by atoms with van der Waals surface area (Å²) in [6.45, 7) is 9.77. The van der Waals surface area contributed by atoms with Crippen LogP contribution in [0.2, 0.25) is 0 Å². The van der Waals surface area contributed by atoms with Gasteiger partial charge in [0.1, 0.15) is 10.5 Å². The molecule has 7 heteroatoms. The molecule has 2 amide bonds. The second kappa shape index (κ2) is 8.47. The van der Waals surface area contributed by atoms with Crippen LogP contribution in [0.3, 0.4) is 0 Å². The lowest BCUT2D eigenvalue weighted by atomic mass is 9.89. The first kappa shape index (κ1) is 19.4. The van der Waals surface area contributed by atoms with E-state index in [9.17, 15) is 9.59 Å². The third-order valence-corrected chi connectivity index (χ3v) is 4.90. The molecule has 2 rings (SSSR count). The molecule has 1 fully saturated rings. The van der Waals surface area contributed by atoms with E-state index in [0.29, 0.717) is 28.7 Å². The van der Waals surface area contributed by atoms with Crippen molar-refractivity contribution in [1.82, 2.24) is 9.69 Å². The minimum atomic E-state index is -0.603. The molecule has 0 radical (unpaired) electrons. The number of amides is 2. The molecule has 0 spiro atoms. The lowest BCUT2D eigenvalue weighted by molar-refractivity contribution is 0.0635. The fourth-order valence-electron chi connectivity index (χ4n) is 2.85. The molecule has 1 aliphatic carbocycles. The third-order valence-electron chi connectivity index (χ3n) is 4.03. The Kier molecular flexibility index (Phi) is 6.58. The zero-order chi connectivity index (χ0) is 18.4. The summed E-state index contributed by atoms with van der Waals surface area (Å²) in [5.41, 5.74) is -0.0775. The Morgan fingerprint density at radius 3 is 2.60 bits per heavy atom. The Bertz CT molecular complexity index is 628. The van der Waals surface area contributed by atoms with Gasteiger partial charge in [0.05, 0.1) is 0 Å². The minimum Gasteiger partial charge on any atom is -0.444 e. The summed E-state index contributed by atoms with van der Waals surface area (Å²) in [4.78, 5) is 24.8.